The maximum absolute atomic E-state index is 14.9. The number of aliphatic imine (C=N–C) groups is 1. The molecule has 198 valence electrons. The van der Waals surface area contributed by atoms with Crippen molar-refractivity contribution in [3.05, 3.63) is 125 Å². The first-order chi connectivity index (χ1) is 18.8. The summed E-state index contributed by atoms with van der Waals surface area (Å²) in [5, 5.41) is 13.6. The maximum atomic E-state index is 14.9. The van der Waals surface area contributed by atoms with E-state index in [9.17, 15) is 18.7 Å². The number of hydrogen-bond donors (Lipinski definition) is 2. The molecule has 0 unspecified atom stereocenters. The number of carbonyl (C=O) groups is 1. The van der Waals surface area contributed by atoms with E-state index in [1.165, 1.54) is 24.3 Å². The maximum Gasteiger partial charge on any atom is 0.254 e. The van der Waals surface area contributed by atoms with Gasteiger partial charge in [-0.05, 0) is 71.1 Å². The molecule has 0 heterocycles. The molecule has 0 spiro atoms. The molecule has 0 aromatic heterocycles. The summed E-state index contributed by atoms with van der Waals surface area (Å²) < 4.78 is 28.2. The zero-order chi connectivity index (χ0) is 27.5. The summed E-state index contributed by atoms with van der Waals surface area (Å²) in [6.45, 7) is 2.44. The molecule has 0 fully saturated rings. The molecular formula is C32H29F2N3O2. The van der Waals surface area contributed by atoms with Crippen molar-refractivity contribution in [3.63, 3.8) is 0 Å². The van der Waals surface area contributed by atoms with E-state index < -0.39 is 23.9 Å². The molecule has 0 saturated heterocycles. The fraction of sp³-hybridized carbons (Fsp3) is 0.188. The van der Waals surface area contributed by atoms with Gasteiger partial charge in [0.05, 0.1) is 23.4 Å². The number of hydrogen-bond acceptors (Lipinski definition) is 3. The summed E-state index contributed by atoms with van der Waals surface area (Å²) in [6, 6.07) is 25.2. The summed E-state index contributed by atoms with van der Waals surface area (Å²) in [5.41, 5.74) is 4.74. The first-order valence-electron chi connectivity index (χ1n) is 12.8. The number of nitrogens with zero attached hydrogens (tertiary/aromatic N) is 2. The minimum absolute atomic E-state index is 0.0808. The molecule has 2 atom stereocenters. The second kappa shape index (κ2) is 11.2. The third-order valence-corrected chi connectivity index (χ3v) is 7.06. The highest BCUT2D eigenvalue weighted by molar-refractivity contribution is 5.95. The molecule has 1 amide bonds. The highest BCUT2D eigenvalue weighted by atomic mass is 19.1. The van der Waals surface area contributed by atoms with Crippen LogP contribution in [0.5, 0.6) is 0 Å². The Balaban J connectivity index is 1.32. The molecule has 4 aromatic rings. The van der Waals surface area contributed by atoms with E-state index in [1.54, 1.807) is 18.2 Å². The Hall–Kier alpha value is -4.36. The molecular weight excluding hydrogens is 496 g/mol. The van der Waals surface area contributed by atoms with Gasteiger partial charge in [-0.25, -0.2) is 13.8 Å². The number of nitrogens with one attached hydrogen (secondary N) is 1. The van der Waals surface area contributed by atoms with Crippen molar-refractivity contribution in [2.45, 2.75) is 32.0 Å². The number of amidine groups is 1. The van der Waals surface area contributed by atoms with Crippen molar-refractivity contribution in [2.75, 3.05) is 7.05 Å². The van der Waals surface area contributed by atoms with Gasteiger partial charge in [0.25, 0.3) is 5.91 Å². The fourth-order valence-corrected chi connectivity index (χ4v) is 4.83. The highest BCUT2D eigenvalue weighted by Gasteiger charge is 2.33. The van der Waals surface area contributed by atoms with Crippen molar-refractivity contribution in [1.82, 2.24) is 10.2 Å². The molecule has 1 aliphatic rings. The van der Waals surface area contributed by atoms with Crippen LogP contribution in [0.2, 0.25) is 0 Å². The molecule has 0 aliphatic heterocycles. The first-order valence-corrected chi connectivity index (χ1v) is 12.8. The molecule has 7 heteroatoms. The van der Waals surface area contributed by atoms with Gasteiger partial charge in [0.2, 0.25) is 0 Å². The zero-order valence-electron chi connectivity index (χ0n) is 21.7. The SMILES string of the molecule is CC(=Nc1ccc2c(c1)[C@@H](NC(=O)c1ccc(-c3ccccc3)cc1F)[C@H](O)C2)N(C)Cc1ccc(F)cc1. The van der Waals surface area contributed by atoms with Gasteiger partial charge in [-0.2, -0.15) is 0 Å². The molecule has 4 aromatic carbocycles. The van der Waals surface area contributed by atoms with Crippen LogP contribution in [0.1, 0.15) is 40.0 Å². The normalized spacial score (nSPS) is 16.6. The van der Waals surface area contributed by atoms with Crippen molar-refractivity contribution in [2.24, 2.45) is 4.99 Å². The lowest BCUT2D eigenvalue weighted by Crippen LogP contribution is -2.34. The van der Waals surface area contributed by atoms with Crippen LogP contribution >= 0.6 is 0 Å². The molecule has 5 nitrogen and oxygen atoms in total. The van der Waals surface area contributed by atoms with Gasteiger partial charge < -0.3 is 15.3 Å². The number of carbonyl (C=O) groups excluding carboxylic acids is 1. The monoisotopic (exact) mass is 525 g/mol. The van der Waals surface area contributed by atoms with Crippen LogP contribution in [0.4, 0.5) is 14.5 Å². The fourth-order valence-electron chi connectivity index (χ4n) is 4.83. The highest BCUT2D eigenvalue weighted by Crippen LogP contribution is 2.35. The predicted octanol–water partition coefficient (Wildman–Crippen LogP) is 6.20. The third-order valence-electron chi connectivity index (χ3n) is 7.06. The van der Waals surface area contributed by atoms with Crippen LogP contribution in [-0.4, -0.2) is 34.9 Å². The van der Waals surface area contributed by atoms with Gasteiger partial charge >= 0.3 is 0 Å². The van der Waals surface area contributed by atoms with Crippen LogP contribution < -0.4 is 5.32 Å². The lowest BCUT2D eigenvalue weighted by atomic mass is 10.0. The Morgan fingerprint density at radius 3 is 2.44 bits per heavy atom. The number of benzene rings is 4. The minimum Gasteiger partial charge on any atom is -0.390 e. The largest absolute Gasteiger partial charge is 0.390 e. The van der Waals surface area contributed by atoms with Gasteiger partial charge in [-0.15, -0.1) is 0 Å². The number of aliphatic hydroxyl groups excluding tert-OH is 1. The molecule has 0 radical (unpaired) electrons. The van der Waals surface area contributed by atoms with Crippen LogP contribution in [0.15, 0.2) is 96.0 Å². The van der Waals surface area contributed by atoms with E-state index in [-0.39, 0.29) is 11.4 Å². The van der Waals surface area contributed by atoms with Gasteiger partial charge in [0.1, 0.15) is 17.5 Å². The topological polar surface area (TPSA) is 64.9 Å². The second-order valence-corrected chi connectivity index (χ2v) is 9.81. The second-order valence-electron chi connectivity index (χ2n) is 9.81. The summed E-state index contributed by atoms with van der Waals surface area (Å²) in [5.74, 6) is -0.743. The molecule has 0 bridgehead atoms. The lowest BCUT2D eigenvalue weighted by Gasteiger charge is -2.20. The molecule has 0 saturated carbocycles. The van der Waals surface area contributed by atoms with Crippen molar-refractivity contribution in [1.29, 1.82) is 0 Å². The van der Waals surface area contributed by atoms with Crippen LogP contribution in [0, 0.1) is 11.6 Å². The summed E-state index contributed by atoms with van der Waals surface area (Å²) in [7, 11) is 1.90. The van der Waals surface area contributed by atoms with Gasteiger partial charge in [-0.1, -0.05) is 54.6 Å². The Morgan fingerprint density at radius 1 is 0.974 bits per heavy atom. The summed E-state index contributed by atoms with van der Waals surface area (Å²) in [6.07, 6.45) is -0.458. The third kappa shape index (κ3) is 5.89. The van der Waals surface area contributed by atoms with Crippen LogP contribution in [0.3, 0.4) is 0 Å². The average Bonchev–Trinajstić information content (AvgIpc) is 3.24. The zero-order valence-corrected chi connectivity index (χ0v) is 21.7. The van der Waals surface area contributed by atoms with E-state index in [0.29, 0.717) is 24.2 Å². The number of aliphatic hydroxyl groups is 1. The van der Waals surface area contributed by atoms with E-state index in [4.69, 9.17) is 4.99 Å². The van der Waals surface area contributed by atoms with E-state index >= 15 is 0 Å². The Bertz CT molecular complexity index is 1520. The van der Waals surface area contributed by atoms with Crippen LogP contribution in [-0.2, 0) is 13.0 Å². The van der Waals surface area contributed by atoms with Gasteiger partial charge in [-0.3, -0.25) is 4.79 Å². The van der Waals surface area contributed by atoms with Crippen molar-refractivity contribution in [3.8, 4) is 11.1 Å². The number of amides is 1. The minimum atomic E-state index is -0.836. The molecule has 2 N–H and O–H groups in total. The molecule has 39 heavy (non-hydrogen) atoms. The quantitative estimate of drug-likeness (QED) is 0.233. The summed E-state index contributed by atoms with van der Waals surface area (Å²) >= 11 is 0. The Kier molecular flexibility index (Phi) is 7.52. The smallest absolute Gasteiger partial charge is 0.254 e. The van der Waals surface area contributed by atoms with E-state index in [2.05, 4.69) is 5.32 Å². The van der Waals surface area contributed by atoms with E-state index in [1.807, 2.05) is 67.4 Å². The first kappa shape index (κ1) is 26.3. The number of halogens is 2. The van der Waals surface area contributed by atoms with Gasteiger partial charge in [0, 0.05) is 20.0 Å². The molecule has 1 aliphatic carbocycles. The van der Waals surface area contributed by atoms with Crippen molar-refractivity contribution < 1.29 is 18.7 Å². The number of rotatable bonds is 6. The Labute approximate surface area is 226 Å². The average molecular weight is 526 g/mol. The van der Waals surface area contributed by atoms with Gasteiger partial charge in [0.15, 0.2) is 0 Å². The predicted molar refractivity (Wildman–Crippen MR) is 149 cm³/mol. The van der Waals surface area contributed by atoms with E-state index in [0.717, 1.165) is 28.1 Å². The number of fused-ring (bicyclic) bond motifs is 1. The standard InChI is InChI=1S/C32H29F2N3O2/c1-20(37(2)19-21-8-12-25(33)13-9-21)35-26-14-10-24-17-30(38)31(28(24)18-26)36-32(39)27-15-11-23(16-29(27)34)22-6-4-3-5-7-22/h3-16,18,30-31,38H,17,19H2,1-2H3,(H,36,39)/t30-,31-/m1/s1. The molecule has 5 rings (SSSR count). The lowest BCUT2D eigenvalue weighted by molar-refractivity contribution is 0.0854. The van der Waals surface area contributed by atoms with Crippen LogP contribution in [0.25, 0.3) is 11.1 Å². The Morgan fingerprint density at radius 2 is 1.72 bits per heavy atom. The summed E-state index contributed by atoms with van der Waals surface area (Å²) in [4.78, 5) is 19.7. The van der Waals surface area contributed by atoms with Crippen molar-refractivity contribution >= 4 is 17.4 Å².